The van der Waals surface area contributed by atoms with Crippen LogP contribution >= 0.6 is 0 Å². The number of rotatable bonds is 3. The molecule has 6 nitrogen and oxygen atoms in total. The number of urea groups is 1. The molecule has 0 aromatic carbocycles. The molecule has 0 spiro atoms. The van der Waals surface area contributed by atoms with E-state index in [1.165, 1.54) is 0 Å². The zero-order valence-electron chi connectivity index (χ0n) is 9.57. The van der Waals surface area contributed by atoms with Crippen molar-refractivity contribution in [3.63, 3.8) is 0 Å². The predicted molar refractivity (Wildman–Crippen MR) is 58.6 cm³/mol. The second kappa shape index (κ2) is 6.32. The Bertz CT molecular complexity index is 258. The Morgan fingerprint density at radius 2 is 2.25 bits per heavy atom. The second-order valence-corrected chi connectivity index (χ2v) is 3.72. The van der Waals surface area contributed by atoms with Gasteiger partial charge in [0.05, 0.1) is 12.8 Å². The Balaban J connectivity index is 2.31. The van der Waals surface area contributed by atoms with E-state index >= 15 is 0 Å². The molecule has 1 saturated heterocycles. The van der Waals surface area contributed by atoms with Gasteiger partial charge in [0.1, 0.15) is 6.54 Å². The highest BCUT2D eigenvalue weighted by Gasteiger charge is 2.23. The van der Waals surface area contributed by atoms with Crippen LogP contribution in [0.1, 0.15) is 26.2 Å². The molecule has 1 aliphatic rings. The lowest BCUT2D eigenvalue weighted by Crippen LogP contribution is -2.53. The SMILES string of the molecule is CCOC(=O)CNC(=O)N1CCCCC1N. The highest BCUT2D eigenvalue weighted by molar-refractivity contribution is 5.81. The van der Waals surface area contributed by atoms with Gasteiger partial charge in [-0.1, -0.05) is 0 Å². The van der Waals surface area contributed by atoms with Crippen molar-refractivity contribution < 1.29 is 14.3 Å². The first-order chi connectivity index (χ1) is 7.65. The maximum absolute atomic E-state index is 11.6. The summed E-state index contributed by atoms with van der Waals surface area (Å²) >= 11 is 0. The number of carbonyl (C=O) groups is 2. The first-order valence-corrected chi connectivity index (χ1v) is 5.60. The van der Waals surface area contributed by atoms with Gasteiger partial charge in [-0.2, -0.15) is 0 Å². The number of ether oxygens (including phenoxy) is 1. The van der Waals surface area contributed by atoms with Crippen LogP contribution in [0.3, 0.4) is 0 Å². The summed E-state index contributed by atoms with van der Waals surface area (Å²) in [5.74, 6) is -0.429. The van der Waals surface area contributed by atoms with Gasteiger partial charge in [0.2, 0.25) is 0 Å². The Hall–Kier alpha value is -1.30. The van der Waals surface area contributed by atoms with Gasteiger partial charge in [0.25, 0.3) is 0 Å². The summed E-state index contributed by atoms with van der Waals surface area (Å²) in [7, 11) is 0. The van der Waals surface area contributed by atoms with E-state index in [2.05, 4.69) is 5.32 Å². The van der Waals surface area contributed by atoms with Crippen LogP contribution < -0.4 is 11.1 Å². The number of likely N-dealkylation sites (tertiary alicyclic amines) is 1. The summed E-state index contributed by atoms with van der Waals surface area (Å²) in [6.45, 7) is 2.59. The van der Waals surface area contributed by atoms with Crippen molar-refractivity contribution in [3.8, 4) is 0 Å². The number of esters is 1. The Kier molecular flexibility index (Phi) is 5.04. The molecule has 6 heteroatoms. The van der Waals surface area contributed by atoms with E-state index in [1.54, 1.807) is 11.8 Å². The lowest BCUT2D eigenvalue weighted by Gasteiger charge is -2.32. The van der Waals surface area contributed by atoms with Crippen molar-refractivity contribution in [2.24, 2.45) is 5.73 Å². The zero-order valence-corrected chi connectivity index (χ0v) is 9.57. The highest BCUT2D eigenvalue weighted by Crippen LogP contribution is 2.12. The van der Waals surface area contributed by atoms with Gasteiger partial charge in [-0.25, -0.2) is 4.79 Å². The molecule has 1 rings (SSSR count). The Morgan fingerprint density at radius 3 is 2.88 bits per heavy atom. The van der Waals surface area contributed by atoms with Crippen LogP contribution in [0.4, 0.5) is 4.79 Å². The lowest BCUT2D eigenvalue weighted by atomic mass is 10.1. The lowest BCUT2D eigenvalue weighted by molar-refractivity contribution is -0.141. The van der Waals surface area contributed by atoms with Crippen molar-refractivity contribution >= 4 is 12.0 Å². The molecule has 1 heterocycles. The van der Waals surface area contributed by atoms with Gasteiger partial charge in [0, 0.05) is 6.54 Å². The molecule has 3 N–H and O–H groups in total. The molecule has 1 aliphatic heterocycles. The standard InChI is InChI=1S/C10H19N3O3/c1-2-16-9(14)7-12-10(15)13-6-4-3-5-8(13)11/h8H,2-7,11H2,1H3,(H,12,15). The molecule has 0 aromatic heterocycles. The third-order valence-corrected chi connectivity index (χ3v) is 2.50. The average Bonchev–Trinajstić information content (AvgIpc) is 2.27. The molecular formula is C10H19N3O3. The molecule has 0 aromatic rings. The summed E-state index contributed by atoms with van der Waals surface area (Å²) < 4.78 is 4.70. The summed E-state index contributed by atoms with van der Waals surface area (Å²) in [5.41, 5.74) is 5.79. The van der Waals surface area contributed by atoms with E-state index in [0.717, 1.165) is 19.3 Å². The van der Waals surface area contributed by atoms with E-state index in [-0.39, 0.29) is 18.7 Å². The Labute approximate surface area is 95.1 Å². The molecule has 2 amide bonds. The number of piperidine rings is 1. The smallest absolute Gasteiger partial charge is 0.325 e. The van der Waals surface area contributed by atoms with E-state index in [4.69, 9.17) is 10.5 Å². The molecule has 1 fully saturated rings. The van der Waals surface area contributed by atoms with Crippen LogP contribution in [0.5, 0.6) is 0 Å². The maximum Gasteiger partial charge on any atom is 0.325 e. The van der Waals surface area contributed by atoms with E-state index < -0.39 is 5.97 Å². The number of nitrogens with one attached hydrogen (secondary N) is 1. The second-order valence-electron chi connectivity index (χ2n) is 3.72. The largest absolute Gasteiger partial charge is 0.465 e. The fourth-order valence-corrected chi connectivity index (χ4v) is 1.67. The number of nitrogens with zero attached hydrogens (tertiary/aromatic N) is 1. The van der Waals surface area contributed by atoms with Crippen molar-refractivity contribution in [1.29, 1.82) is 0 Å². The van der Waals surface area contributed by atoms with Crippen molar-refractivity contribution in [1.82, 2.24) is 10.2 Å². The quantitative estimate of drug-likeness (QED) is 0.669. The minimum atomic E-state index is -0.429. The number of hydrogen-bond acceptors (Lipinski definition) is 4. The van der Waals surface area contributed by atoms with Crippen LogP contribution in [0.15, 0.2) is 0 Å². The molecule has 1 atom stereocenters. The van der Waals surface area contributed by atoms with Crippen molar-refractivity contribution in [2.75, 3.05) is 19.7 Å². The van der Waals surface area contributed by atoms with E-state index in [1.807, 2.05) is 0 Å². The van der Waals surface area contributed by atoms with Gasteiger partial charge in [-0.05, 0) is 26.2 Å². The fourth-order valence-electron chi connectivity index (χ4n) is 1.67. The molecule has 16 heavy (non-hydrogen) atoms. The number of nitrogens with two attached hydrogens (primary N) is 1. The topological polar surface area (TPSA) is 84.7 Å². The summed E-state index contributed by atoms with van der Waals surface area (Å²) in [6.07, 6.45) is 2.58. The monoisotopic (exact) mass is 229 g/mol. The fraction of sp³-hybridized carbons (Fsp3) is 0.800. The summed E-state index contributed by atoms with van der Waals surface area (Å²) in [6, 6.07) is -0.291. The summed E-state index contributed by atoms with van der Waals surface area (Å²) in [4.78, 5) is 24.2. The molecule has 0 radical (unpaired) electrons. The van der Waals surface area contributed by atoms with Gasteiger partial charge in [-0.15, -0.1) is 0 Å². The van der Waals surface area contributed by atoms with Crippen molar-refractivity contribution in [2.45, 2.75) is 32.4 Å². The zero-order chi connectivity index (χ0) is 12.0. The normalized spacial score (nSPS) is 20.4. The van der Waals surface area contributed by atoms with Crippen LogP contribution in [-0.4, -0.2) is 42.8 Å². The summed E-state index contributed by atoms with van der Waals surface area (Å²) in [5, 5.41) is 2.50. The first-order valence-electron chi connectivity index (χ1n) is 5.60. The molecule has 1 unspecified atom stereocenters. The minimum Gasteiger partial charge on any atom is -0.465 e. The van der Waals surface area contributed by atoms with Gasteiger partial charge in [0.15, 0.2) is 0 Å². The maximum atomic E-state index is 11.6. The van der Waals surface area contributed by atoms with Crippen LogP contribution in [0.25, 0.3) is 0 Å². The number of carbonyl (C=O) groups excluding carboxylic acids is 2. The third-order valence-electron chi connectivity index (χ3n) is 2.50. The van der Waals surface area contributed by atoms with Gasteiger partial charge < -0.3 is 20.7 Å². The van der Waals surface area contributed by atoms with Crippen LogP contribution in [0.2, 0.25) is 0 Å². The van der Waals surface area contributed by atoms with Gasteiger partial charge in [-0.3, -0.25) is 4.79 Å². The predicted octanol–water partition coefficient (Wildman–Crippen LogP) is 0.0298. The number of hydrogen-bond donors (Lipinski definition) is 2. The van der Waals surface area contributed by atoms with E-state index in [9.17, 15) is 9.59 Å². The highest BCUT2D eigenvalue weighted by atomic mass is 16.5. The third kappa shape index (κ3) is 3.69. The van der Waals surface area contributed by atoms with Crippen LogP contribution in [-0.2, 0) is 9.53 Å². The number of amides is 2. The molecule has 0 saturated carbocycles. The minimum absolute atomic E-state index is 0.101. The first kappa shape index (κ1) is 12.8. The Morgan fingerprint density at radius 1 is 1.50 bits per heavy atom. The van der Waals surface area contributed by atoms with Gasteiger partial charge >= 0.3 is 12.0 Å². The van der Waals surface area contributed by atoms with E-state index in [0.29, 0.717) is 13.2 Å². The average molecular weight is 229 g/mol. The van der Waals surface area contributed by atoms with Crippen molar-refractivity contribution in [3.05, 3.63) is 0 Å². The molecular weight excluding hydrogens is 210 g/mol. The molecule has 92 valence electrons. The molecule has 0 bridgehead atoms. The molecule has 0 aliphatic carbocycles. The van der Waals surface area contributed by atoms with Crippen LogP contribution in [0, 0.1) is 0 Å².